The van der Waals surface area contributed by atoms with Crippen LogP contribution in [-0.2, 0) is 0 Å². The van der Waals surface area contributed by atoms with Gasteiger partial charge in [0.1, 0.15) is 0 Å². The van der Waals surface area contributed by atoms with Crippen LogP contribution in [0, 0.1) is 11.8 Å². The van der Waals surface area contributed by atoms with Gasteiger partial charge in [-0.3, -0.25) is 0 Å². The minimum atomic E-state index is -0.728. The van der Waals surface area contributed by atoms with E-state index < -0.39 is 11.7 Å². The summed E-state index contributed by atoms with van der Waals surface area (Å²) in [6.07, 6.45) is 4.43. The molecule has 21 heavy (non-hydrogen) atoms. The van der Waals surface area contributed by atoms with Crippen LogP contribution >= 0.6 is 0 Å². The number of hydrogen-bond acceptors (Lipinski definition) is 5. The summed E-state index contributed by atoms with van der Waals surface area (Å²) in [4.78, 5) is 0. The van der Waals surface area contributed by atoms with Gasteiger partial charge in [0.15, 0.2) is 0 Å². The predicted molar refractivity (Wildman–Crippen MR) is 85.0 cm³/mol. The Balaban J connectivity index is 0. The van der Waals surface area contributed by atoms with Gasteiger partial charge in [-0.25, -0.2) is 0 Å². The van der Waals surface area contributed by atoms with Gasteiger partial charge in [0.25, 0.3) is 0 Å². The van der Waals surface area contributed by atoms with Gasteiger partial charge in [0.05, 0.1) is 11.7 Å². The molecule has 0 aromatic rings. The number of hydrogen-bond donors (Lipinski definition) is 5. The van der Waals surface area contributed by atoms with E-state index in [-0.39, 0.29) is 6.61 Å². The molecule has 0 saturated heterocycles. The van der Waals surface area contributed by atoms with Gasteiger partial charge < -0.3 is 25.5 Å². The fraction of sp³-hybridized carbons (Fsp3) is 1.00. The van der Waals surface area contributed by atoms with Crippen molar-refractivity contribution in [2.24, 2.45) is 11.8 Å². The molecule has 0 aliphatic heterocycles. The highest BCUT2D eigenvalue weighted by Gasteiger charge is 2.19. The quantitative estimate of drug-likeness (QED) is 0.539. The third kappa shape index (κ3) is 17.7. The topological polar surface area (TPSA) is 101 Å². The zero-order valence-electron chi connectivity index (χ0n) is 14.1. The highest BCUT2D eigenvalue weighted by Crippen LogP contribution is 2.27. The normalized spacial score (nSPS) is 23.3. The van der Waals surface area contributed by atoms with Crippen molar-refractivity contribution >= 4 is 0 Å². The average molecular weight is 308 g/mol. The minimum absolute atomic E-state index is 0.250. The highest BCUT2D eigenvalue weighted by molar-refractivity contribution is 4.71. The fourth-order valence-electron chi connectivity index (χ4n) is 2.32. The van der Waals surface area contributed by atoms with Gasteiger partial charge in [-0.1, -0.05) is 0 Å². The molecule has 0 radical (unpaired) electrons. The van der Waals surface area contributed by atoms with Crippen LogP contribution in [0.25, 0.3) is 0 Å². The van der Waals surface area contributed by atoms with Crippen molar-refractivity contribution in [3.8, 4) is 0 Å². The second-order valence-electron chi connectivity index (χ2n) is 6.43. The summed E-state index contributed by atoms with van der Waals surface area (Å²) < 4.78 is 0. The Labute approximate surface area is 129 Å². The summed E-state index contributed by atoms with van der Waals surface area (Å²) in [6, 6.07) is 0. The smallest absolute Gasteiger partial charge is 0.0616 e. The van der Waals surface area contributed by atoms with Crippen LogP contribution in [0.2, 0.25) is 0 Å². The molecule has 5 N–H and O–H groups in total. The van der Waals surface area contributed by atoms with E-state index in [1.54, 1.807) is 27.7 Å². The molecule has 0 spiro atoms. The van der Waals surface area contributed by atoms with E-state index in [4.69, 9.17) is 25.5 Å². The summed E-state index contributed by atoms with van der Waals surface area (Å²) in [5, 5.41) is 42.9. The van der Waals surface area contributed by atoms with Crippen LogP contribution in [0.1, 0.15) is 59.8 Å². The molecule has 1 aliphatic rings. The molecule has 1 aliphatic carbocycles. The molecule has 1 unspecified atom stereocenters. The van der Waals surface area contributed by atoms with E-state index in [1.165, 1.54) is 0 Å². The molecule has 130 valence electrons. The maximum absolute atomic E-state index is 9.03. The van der Waals surface area contributed by atoms with E-state index in [2.05, 4.69) is 0 Å². The van der Waals surface area contributed by atoms with Crippen LogP contribution in [0.4, 0.5) is 0 Å². The van der Waals surface area contributed by atoms with E-state index >= 15 is 0 Å². The number of aliphatic hydroxyl groups is 5. The predicted octanol–water partition coefficient (Wildman–Crippen LogP) is 1.30. The van der Waals surface area contributed by atoms with Crippen LogP contribution in [-0.4, -0.2) is 57.1 Å². The zero-order valence-corrected chi connectivity index (χ0v) is 14.1. The molecule has 5 nitrogen and oxygen atoms in total. The molecule has 0 aromatic carbocycles. The Kier molecular flexibility index (Phi) is 14.8. The summed E-state index contributed by atoms with van der Waals surface area (Å²) in [5.41, 5.74) is -0.728. The lowest BCUT2D eigenvalue weighted by Gasteiger charge is -2.25. The van der Waals surface area contributed by atoms with Crippen molar-refractivity contribution in [3.63, 3.8) is 0 Å². The van der Waals surface area contributed by atoms with Crippen molar-refractivity contribution in [2.75, 3.05) is 19.8 Å². The fourth-order valence-corrected chi connectivity index (χ4v) is 2.32. The van der Waals surface area contributed by atoms with E-state index in [9.17, 15) is 0 Å². The standard InChI is InChI=1S/C8H16O2.C6H14O2.C2H6O/c9-5-7-1-2-8(6-10)4-3-7;1-5(7)4-6(2,3)8;1-2-3/h7-10H,1-6H2;5,7-8H,4H2,1-3H3;3H,2H2,1H3. The molecule has 1 rings (SSSR count). The van der Waals surface area contributed by atoms with Crippen molar-refractivity contribution in [1.82, 2.24) is 0 Å². The first-order valence-corrected chi connectivity index (χ1v) is 7.93. The second-order valence-corrected chi connectivity index (χ2v) is 6.43. The molecule has 0 aromatic heterocycles. The van der Waals surface area contributed by atoms with Gasteiger partial charge in [-0.15, -0.1) is 0 Å². The Morgan fingerprint density at radius 2 is 1.24 bits per heavy atom. The molecule has 5 heteroatoms. The summed E-state index contributed by atoms with van der Waals surface area (Å²) in [7, 11) is 0. The first-order valence-electron chi connectivity index (χ1n) is 7.93. The van der Waals surface area contributed by atoms with Crippen LogP contribution in [0.15, 0.2) is 0 Å². The van der Waals surface area contributed by atoms with Gasteiger partial charge in [0.2, 0.25) is 0 Å². The van der Waals surface area contributed by atoms with Gasteiger partial charge in [-0.05, 0) is 65.2 Å². The van der Waals surface area contributed by atoms with E-state index in [0.29, 0.717) is 31.5 Å². The van der Waals surface area contributed by atoms with Crippen molar-refractivity contribution in [3.05, 3.63) is 0 Å². The van der Waals surface area contributed by atoms with Crippen LogP contribution in [0.3, 0.4) is 0 Å². The van der Waals surface area contributed by atoms with Gasteiger partial charge >= 0.3 is 0 Å². The molecule has 0 heterocycles. The first kappa shape index (κ1) is 23.1. The summed E-state index contributed by atoms with van der Waals surface area (Å²) >= 11 is 0. The molecule has 1 saturated carbocycles. The lowest BCUT2D eigenvalue weighted by molar-refractivity contribution is 0.0249. The largest absolute Gasteiger partial charge is 0.397 e. The Bertz CT molecular complexity index is 193. The third-order valence-corrected chi connectivity index (χ3v) is 3.28. The zero-order chi connectivity index (χ0) is 16.9. The Hall–Kier alpha value is -0.200. The van der Waals surface area contributed by atoms with Gasteiger partial charge in [0, 0.05) is 26.2 Å². The first-order chi connectivity index (χ1) is 9.69. The van der Waals surface area contributed by atoms with Gasteiger partial charge in [-0.2, -0.15) is 0 Å². The third-order valence-electron chi connectivity index (χ3n) is 3.28. The number of rotatable bonds is 4. The van der Waals surface area contributed by atoms with E-state index in [1.807, 2.05) is 0 Å². The van der Waals surface area contributed by atoms with Crippen LogP contribution < -0.4 is 0 Å². The highest BCUT2D eigenvalue weighted by atomic mass is 16.3. The van der Waals surface area contributed by atoms with Crippen molar-refractivity contribution in [1.29, 1.82) is 0 Å². The molecular formula is C16H36O5. The van der Waals surface area contributed by atoms with E-state index in [0.717, 1.165) is 25.7 Å². The SMILES string of the molecule is CC(O)CC(C)(C)O.CCO.OCC1CCC(CO)CC1. The Morgan fingerprint density at radius 3 is 1.33 bits per heavy atom. The summed E-state index contributed by atoms with van der Waals surface area (Å²) in [6.45, 7) is 7.62. The monoisotopic (exact) mass is 308 g/mol. The van der Waals surface area contributed by atoms with Crippen molar-refractivity contribution in [2.45, 2.75) is 71.5 Å². The number of aliphatic hydroxyl groups excluding tert-OH is 4. The maximum atomic E-state index is 9.03. The lowest BCUT2D eigenvalue weighted by Crippen LogP contribution is -2.24. The Morgan fingerprint density at radius 1 is 0.952 bits per heavy atom. The molecule has 1 atom stereocenters. The van der Waals surface area contributed by atoms with Crippen molar-refractivity contribution < 1.29 is 25.5 Å². The van der Waals surface area contributed by atoms with Crippen LogP contribution in [0.5, 0.6) is 0 Å². The average Bonchev–Trinajstić information content (AvgIpc) is 2.37. The molecular weight excluding hydrogens is 272 g/mol. The second kappa shape index (κ2) is 13.5. The molecule has 0 amide bonds. The lowest BCUT2D eigenvalue weighted by atomic mass is 9.83. The summed E-state index contributed by atoms with van der Waals surface area (Å²) in [5.74, 6) is 1.03. The molecule has 1 fully saturated rings. The maximum Gasteiger partial charge on any atom is 0.0616 e. The minimum Gasteiger partial charge on any atom is -0.397 e. The molecule has 0 bridgehead atoms.